The molecular weight excluding hydrogens is 556 g/mol. The van der Waals surface area contributed by atoms with Gasteiger partial charge in [-0.25, -0.2) is 0 Å². The van der Waals surface area contributed by atoms with Gasteiger partial charge in [-0.3, -0.25) is 4.79 Å². The van der Waals surface area contributed by atoms with Gasteiger partial charge in [0, 0.05) is 5.69 Å². The lowest BCUT2D eigenvalue weighted by molar-refractivity contribution is -0.112. The summed E-state index contributed by atoms with van der Waals surface area (Å²) in [5, 5.41) is 20.8. The number of aryl methyl sites for hydroxylation is 1. The first-order chi connectivity index (χ1) is 12.5. The van der Waals surface area contributed by atoms with E-state index in [4.69, 9.17) is 10.00 Å². The summed E-state index contributed by atoms with van der Waals surface area (Å²) in [6, 6.07) is 14.9. The normalized spacial score (nSPS) is 10.6. The van der Waals surface area contributed by atoms with Gasteiger partial charge >= 0.3 is 0 Å². The Hall–Kier alpha value is -2.11. The van der Waals surface area contributed by atoms with Crippen molar-refractivity contribution in [2.45, 2.75) is 6.92 Å². The zero-order valence-electron chi connectivity index (χ0n) is 13.7. The van der Waals surface area contributed by atoms with E-state index in [2.05, 4.69) is 50.5 Å². The maximum absolute atomic E-state index is 12.4. The van der Waals surface area contributed by atoms with Crippen LogP contribution in [0.4, 0.5) is 5.69 Å². The van der Waals surface area contributed by atoms with E-state index in [9.17, 15) is 10.1 Å². The molecule has 2 rings (SSSR count). The fourth-order valence-electron chi connectivity index (χ4n) is 2.12. The fourth-order valence-corrected chi connectivity index (χ4v) is 4.25. The molecule has 1 amide bonds. The van der Waals surface area contributed by atoms with E-state index in [1.807, 2.05) is 37.3 Å². The van der Waals surface area contributed by atoms with Crippen molar-refractivity contribution < 1.29 is 9.53 Å². The van der Waals surface area contributed by atoms with Crippen LogP contribution in [-0.4, -0.2) is 12.5 Å². The second-order valence-electron chi connectivity index (χ2n) is 5.20. The summed E-state index contributed by atoms with van der Waals surface area (Å²) in [4.78, 5) is 12.4. The van der Waals surface area contributed by atoms with Crippen molar-refractivity contribution in [3.8, 4) is 17.9 Å². The Labute approximate surface area is 178 Å². The molecule has 0 saturated heterocycles. The van der Waals surface area contributed by atoms with E-state index in [0.717, 1.165) is 12.7 Å². The molecule has 0 aromatic heterocycles. The number of nitrogens with one attached hydrogen (secondary N) is 1. The zero-order chi connectivity index (χ0) is 19.1. The Balaban J connectivity index is 2.28. The van der Waals surface area contributed by atoms with Gasteiger partial charge in [-0.1, -0.05) is 18.2 Å². The number of para-hydroxylation sites is 1. The molecule has 0 atom stereocenters. The molecule has 0 unspecified atom stereocenters. The van der Waals surface area contributed by atoms with Gasteiger partial charge in [-0.05, 0) is 87.5 Å². The van der Waals surface area contributed by atoms with Gasteiger partial charge in [0.25, 0.3) is 5.91 Å². The molecule has 130 valence electrons. The van der Waals surface area contributed by atoms with Crippen LogP contribution in [0.3, 0.4) is 0 Å². The number of hydrogen-bond acceptors (Lipinski definition) is 4. The number of halogens is 2. The van der Waals surface area contributed by atoms with Gasteiger partial charge in [-0.2, -0.15) is 10.5 Å². The van der Waals surface area contributed by atoms with Crippen LogP contribution in [0.2, 0.25) is 0 Å². The number of nitriles is 2. The highest BCUT2D eigenvalue weighted by molar-refractivity contribution is 14.1. The Morgan fingerprint density at radius 1 is 1.23 bits per heavy atom. The lowest BCUT2D eigenvalue weighted by atomic mass is 10.1. The van der Waals surface area contributed by atoms with Crippen LogP contribution in [-0.2, 0) is 4.79 Å². The number of carbonyl (C=O) groups excluding carboxylic acids is 1. The lowest BCUT2D eigenvalue weighted by Crippen LogP contribution is -2.14. The number of hydrogen-bond donors (Lipinski definition) is 1. The molecular formula is C19H13I2N3O2. The first-order valence-electron chi connectivity index (χ1n) is 7.44. The maximum atomic E-state index is 12.4. The van der Waals surface area contributed by atoms with Gasteiger partial charge in [0.2, 0.25) is 0 Å². The fraction of sp³-hybridized carbons (Fsp3) is 0.105. The highest BCUT2D eigenvalue weighted by Gasteiger charge is 2.13. The largest absolute Gasteiger partial charge is 0.477 e. The monoisotopic (exact) mass is 569 g/mol. The van der Waals surface area contributed by atoms with E-state index >= 15 is 0 Å². The average molecular weight is 569 g/mol. The first-order valence-corrected chi connectivity index (χ1v) is 9.59. The Morgan fingerprint density at radius 2 is 1.88 bits per heavy atom. The second-order valence-corrected chi connectivity index (χ2v) is 7.52. The van der Waals surface area contributed by atoms with Crippen molar-refractivity contribution >= 4 is 62.9 Å². The van der Waals surface area contributed by atoms with Crippen molar-refractivity contribution in [3.05, 3.63) is 60.2 Å². The summed E-state index contributed by atoms with van der Waals surface area (Å²) in [6.45, 7) is 1.85. The highest BCUT2D eigenvalue weighted by Crippen LogP contribution is 2.30. The van der Waals surface area contributed by atoms with Crippen molar-refractivity contribution in [3.63, 3.8) is 0 Å². The number of amides is 1. The minimum absolute atomic E-state index is 0.00514. The van der Waals surface area contributed by atoms with Crippen LogP contribution in [0.25, 0.3) is 6.08 Å². The summed E-state index contributed by atoms with van der Waals surface area (Å²) in [5.74, 6) is 0.157. The molecule has 0 spiro atoms. The van der Waals surface area contributed by atoms with Crippen LogP contribution in [0.1, 0.15) is 11.1 Å². The van der Waals surface area contributed by atoms with Gasteiger partial charge in [0.1, 0.15) is 23.5 Å². The molecule has 7 heteroatoms. The first kappa shape index (κ1) is 20.2. The predicted octanol–water partition coefficient (Wildman–Crippen LogP) is 4.65. The van der Waals surface area contributed by atoms with Gasteiger partial charge in [0.15, 0.2) is 6.61 Å². The summed E-state index contributed by atoms with van der Waals surface area (Å²) >= 11 is 4.20. The standard InChI is InChI=1S/C19H13I2N3O2/c1-12-4-2-3-5-17(12)24-19(25)14(11-23)8-13-9-15(20)18(16(21)10-13)26-7-6-22/h2-5,8-10H,7H2,1H3,(H,24,25)/b14-8-. The number of carbonyl (C=O) groups is 1. The number of rotatable bonds is 5. The number of nitrogens with zero attached hydrogens (tertiary/aromatic N) is 2. The maximum Gasteiger partial charge on any atom is 0.266 e. The molecule has 0 heterocycles. The summed E-state index contributed by atoms with van der Waals surface area (Å²) in [6.07, 6.45) is 1.53. The second kappa shape index (κ2) is 9.55. The molecule has 0 saturated carbocycles. The van der Waals surface area contributed by atoms with Gasteiger partial charge < -0.3 is 10.1 Å². The van der Waals surface area contributed by atoms with Crippen LogP contribution >= 0.6 is 45.2 Å². The summed E-state index contributed by atoms with van der Waals surface area (Å²) < 4.78 is 7.00. The van der Waals surface area contributed by atoms with Crippen molar-refractivity contribution in [2.75, 3.05) is 11.9 Å². The minimum atomic E-state index is -0.461. The number of ether oxygens (including phenoxy) is 1. The third kappa shape index (κ3) is 5.19. The molecule has 2 aromatic carbocycles. The van der Waals surface area contributed by atoms with Crippen LogP contribution in [0.15, 0.2) is 42.0 Å². The van der Waals surface area contributed by atoms with Gasteiger partial charge in [-0.15, -0.1) is 0 Å². The Bertz CT molecular complexity index is 933. The number of anilines is 1. The molecule has 0 bridgehead atoms. The minimum Gasteiger partial charge on any atom is -0.477 e. The van der Waals surface area contributed by atoms with Gasteiger partial charge in [0.05, 0.1) is 7.14 Å². The SMILES string of the molecule is Cc1ccccc1NC(=O)/C(C#N)=C\c1cc(I)c(OCC#N)c(I)c1. The lowest BCUT2D eigenvalue weighted by Gasteiger charge is -2.09. The average Bonchev–Trinajstić information content (AvgIpc) is 2.61. The highest BCUT2D eigenvalue weighted by atomic mass is 127. The molecule has 26 heavy (non-hydrogen) atoms. The van der Waals surface area contributed by atoms with E-state index in [1.54, 1.807) is 18.2 Å². The van der Waals surface area contributed by atoms with Crippen molar-refractivity contribution in [1.82, 2.24) is 0 Å². The molecule has 0 radical (unpaired) electrons. The molecule has 1 N–H and O–H groups in total. The van der Waals surface area contributed by atoms with E-state index in [0.29, 0.717) is 17.0 Å². The van der Waals surface area contributed by atoms with Crippen LogP contribution in [0.5, 0.6) is 5.75 Å². The zero-order valence-corrected chi connectivity index (χ0v) is 18.0. The van der Waals surface area contributed by atoms with E-state index in [-0.39, 0.29) is 12.2 Å². The van der Waals surface area contributed by atoms with Crippen LogP contribution in [0, 0.1) is 36.7 Å². The molecule has 5 nitrogen and oxygen atoms in total. The van der Waals surface area contributed by atoms with Crippen molar-refractivity contribution in [2.24, 2.45) is 0 Å². The molecule has 0 fully saturated rings. The Morgan fingerprint density at radius 3 is 2.46 bits per heavy atom. The molecule has 2 aromatic rings. The summed E-state index contributed by atoms with van der Waals surface area (Å²) in [5.41, 5.74) is 2.30. The quantitative estimate of drug-likeness (QED) is 0.323. The Kier molecular flexibility index (Phi) is 7.42. The molecule has 0 aliphatic rings. The number of benzene rings is 2. The third-order valence-corrected chi connectivity index (χ3v) is 4.97. The van der Waals surface area contributed by atoms with E-state index in [1.165, 1.54) is 6.08 Å². The van der Waals surface area contributed by atoms with E-state index < -0.39 is 5.91 Å². The third-order valence-electron chi connectivity index (χ3n) is 3.37. The summed E-state index contributed by atoms with van der Waals surface area (Å²) in [7, 11) is 0. The predicted molar refractivity (Wildman–Crippen MR) is 116 cm³/mol. The van der Waals surface area contributed by atoms with Crippen molar-refractivity contribution in [1.29, 1.82) is 10.5 Å². The topological polar surface area (TPSA) is 85.9 Å². The smallest absolute Gasteiger partial charge is 0.266 e. The molecule has 0 aliphatic heterocycles. The molecule has 0 aliphatic carbocycles. The van der Waals surface area contributed by atoms with Crippen LogP contribution < -0.4 is 10.1 Å².